The van der Waals surface area contributed by atoms with Crippen LogP contribution in [0.2, 0.25) is 0 Å². The van der Waals surface area contributed by atoms with Gasteiger partial charge in [0.15, 0.2) is 5.82 Å². The van der Waals surface area contributed by atoms with E-state index in [4.69, 9.17) is 11.0 Å². The molecule has 0 unspecified atom stereocenters. The molecule has 2 rings (SSSR count). The standard InChI is InChI=1S/C15H10BrFN2/c16-13-8-14(19)12(9-18)15(17)11(13)7-6-10-4-2-1-3-5-10/h1-8H,19H2/b7-6+. The second-order valence-electron chi connectivity index (χ2n) is 3.91. The summed E-state index contributed by atoms with van der Waals surface area (Å²) in [6, 6.07) is 12.8. The molecule has 0 radical (unpaired) electrons. The molecule has 0 fully saturated rings. The highest BCUT2D eigenvalue weighted by Crippen LogP contribution is 2.29. The summed E-state index contributed by atoms with van der Waals surface area (Å²) in [7, 11) is 0. The van der Waals surface area contributed by atoms with Crippen molar-refractivity contribution in [2.45, 2.75) is 0 Å². The Morgan fingerprint density at radius 1 is 1.21 bits per heavy atom. The van der Waals surface area contributed by atoms with E-state index >= 15 is 0 Å². The second-order valence-corrected chi connectivity index (χ2v) is 4.76. The first-order chi connectivity index (χ1) is 9.13. The number of anilines is 1. The van der Waals surface area contributed by atoms with Crippen LogP contribution >= 0.6 is 15.9 Å². The number of hydrogen-bond donors (Lipinski definition) is 1. The van der Waals surface area contributed by atoms with Crippen molar-refractivity contribution in [2.75, 3.05) is 5.73 Å². The molecule has 0 aromatic heterocycles. The van der Waals surface area contributed by atoms with Crippen LogP contribution in [0, 0.1) is 17.1 Å². The van der Waals surface area contributed by atoms with Crippen LogP contribution in [0.15, 0.2) is 40.9 Å². The third-order valence-corrected chi connectivity index (χ3v) is 3.29. The summed E-state index contributed by atoms with van der Waals surface area (Å²) in [6.45, 7) is 0. The van der Waals surface area contributed by atoms with Crippen molar-refractivity contribution in [1.29, 1.82) is 5.26 Å². The number of hydrogen-bond acceptors (Lipinski definition) is 2. The third kappa shape index (κ3) is 2.83. The lowest BCUT2D eigenvalue weighted by molar-refractivity contribution is 0.621. The molecule has 0 amide bonds. The zero-order valence-corrected chi connectivity index (χ0v) is 11.5. The molecule has 0 saturated carbocycles. The quantitative estimate of drug-likeness (QED) is 0.666. The molecule has 0 aliphatic carbocycles. The van der Waals surface area contributed by atoms with Gasteiger partial charge in [0.25, 0.3) is 0 Å². The molecule has 0 heterocycles. The second kappa shape index (κ2) is 5.68. The molecular formula is C15H10BrFN2. The normalized spacial score (nSPS) is 10.6. The average molecular weight is 317 g/mol. The highest BCUT2D eigenvalue weighted by atomic mass is 79.9. The first-order valence-corrected chi connectivity index (χ1v) is 6.33. The maximum atomic E-state index is 14.1. The number of halogens is 2. The van der Waals surface area contributed by atoms with Gasteiger partial charge in [0.05, 0.1) is 5.69 Å². The Bertz CT molecular complexity index is 673. The van der Waals surface area contributed by atoms with Gasteiger partial charge >= 0.3 is 0 Å². The molecule has 0 bridgehead atoms. The van der Waals surface area contributed by atoms with Crippen molar-refractivity contribution in [3.05, 3.63) is 63.4 Å². The van der Waals surface area contributed by atoms with E-state index in [0.29, 0.717) is 10.0 Å². The zero-order valence-electron chi connectivity index (χ0n) is 9.90. The Balaban J connectivity index is 2.47. The van der Waals surface area contributed by atoms with Crippen LogP contribution in [0.5, 0.6) is 0 Å². The Morgan fingerprint density at radius 2 is 1.89 bits per heavy atom. The van der Waals surface area contributed by atoms with Gasteiger partial charge in [-0.05, 0) is 27.6 Å². The van der Waals surface area contributed by atoms with Gasteiger partial charge in [-0.3, -0.25) is 0 Å². The van der Waals surface area contributed by atoms with E-state index in [-0.39, 0.29) is 11.3 Å². The molecule has 2 nitrogen and oxygen atoms in total. The van der Waals surface area contributed by atoms with Gasteiger partial charge in [-0.15, -0.1) is 0 Å². The molecule has 4 heteroatoms. The van der Waals surface area contributed by atoms with Gasteiger partial charge in [0.1, 0.15) is 11.6 Å². The van der Waals surface area contributed by atoms with E-state index in [0.717, 1.165) is 5.56 Å². The van der Waals surface area contributed by atoms with Crippen LogP contribution in [0.4, 0.5) is 10.1 Å². The molecule has 19 heavy (non-hydrogen) atoms. The predicted octanol–water partition coefficient (Wildman–Crippen LogP) is 4.21. The maximum Gasteiger partial charge on any atom is 0.151 e. The first-order valence-electron chi connectivity index (χ1n) is 5.54. The van der Waals surface area contributed by atoms with E-state index in [1.165, 1.54) is 6.07 Å². The van der Waals surface area contributed by atoms with Crippen LogP contribution in [-0.4, -0.2) is 0 Å². The summed E-state index contributed by atoms with van der Waals surface area (Å²) in [4.78, 5) is 0. The van der Waals surface area contributed by atoms with Gasteiger partial charge in [0.2, 0.25) is 0 Å². The molecule has 2 aromatic carbocycles. The average Bonchev–Trinajstić information content (AvgIpc) is 2.39. The van der Waals surface area contributed by atoms with Gasteiger partial charge < -0.3 is 5.73 Å². The molecule has 0 saturated heterocycles. The van der Waals surface area contributed by atoms with Crippen molar-refractivity contribution < 1.29 is 4.39 Å². The lowest BCUT2D eigenvalue weighted by Crippen LogP contribution is -1.97. The number of benzene rings is 2. The fourth-order valence-corrected chi connectivity index (χ4v) is 2.22. The van der Waals surface area contributed by atoms with Crippen LogP contribution in [0.1, 0.15) is 16.7 Å². The minimum Gasteiger partial charge on any atom is -0.398 e. The Hall–Kier alpha value is -2.12. The molecule has 0 spiro atoms. The van der Waals surface area contributed by atoms with E-state index in [1.807, 2.05) is 30.3 Å². The van der Waals surface area contributed by atoms with Gasteiger partial charge in [-0.25, -0.2) is 4.39 Å². The smallest absolute Gasteiger partial charge is 0.151 e. The Morgan fingerprint density at radius 3 is 2.53 bits per heavy atom. The minimum absolute atomic E-state index is 0.128. The SMILES string of the molecule is N#Cc1c(N)cc(Br)c(/C=C/c2ccccc2)c1F. The van der Waals surface area contributed by atoms with Crippen LogP contribution in [-0.2, 0) is 0 Å². The van der Waals surface area contributed by atoms with Gasteiger partial charge in [0, 0.05) is 10.0 Å². The van der Waals surface area contributed by atoms with Crippen molar-refractivity contribution in [1.82, 2.24) is 0 Å². The largest absolute Gasteiger partial charge is 0.398 e. The topological polar surface area (TPSA) is 49.8 Å². The fourth-order valence-electron chi connectivity index (χ4n) is 1.66. The van der Waals surface area contributed by atoms with E-state index in [1.54, 1.807) is 18.2 Å². The molecule has 0 aliphatic rings. The number of nitrogens with two attached hydrogens (primary N) is 1. The molecular weight excluding hydrogens is 307 g/mol. The van der Waals surface area contributed by atoms with E-state index in [9.17, 15) is 4.39 Å². The summed E-state index contributed by atoms with van der Waals surface area (Å²) >= 11 is 3.25. The fraction of sp³-hybridized carbons (Fsp3) is 0. The Labute approximate surface area is 119 Å². The summed E-state index contributed by atoms with van der Waals surface area (Å²) in [5, 5.41) is 8.89. The highest BCUT2D eigenvalue weighted by Gasteiger charge is 2.13. The highest BCUT2D eigenvalue weighted by molar-refractivity contribution is 9.10. The van der Waals surface area contributed by atoms with Crippen LogP contribution in [0.3, 0.4) is 0 Å². The summed E-state index contributed by atoms with van der Waals surface area (Å²) in [5.41, 5.74) is 6.85. The number of nitriles is 1. The van der Waals surface area contributed by atoms with Gasteiger partial charge in [-0.2, -0.15) is 5.26 Å². The van der Waals surface area contributed by atoms with E-state index in [2.05, 4.69) is 15.9 Å². The monoisotopic (exact) mass is 316 g/mol. The summed E-state index contributed by atoms with van der Waals surface area (Å²) in [6.07, 6.45) is 3.40. The molecule has 2 aromatic rings. The van der Waals surface area contributed by atoms with Crippen LogP contribution in [0.25, 0.3) is 12.2 Å². The zero-order chi connectivity index (χ0) is 13.8. The molecule has 2 N–H and O–H groups in total. The van der Waals surface area contributed by atoms with Crippen molar-refractivity contribution in [3.8, 4) is 6.07 Å². The Kier molecular flexibility index (Phi) is 3.98. The van der Waals surface area contributed by atoms with Gasteiger partial charge in [-0.1, -0.05) is 42.5 Å². The predicted molar refractivity (Wildman–Crippen MR) is 78.6 cm³/mol. The first kappa shape index (κ1) is 13.3. The molecule has 0 aliphatic heterocycles. The number of nitrogen functional groups attached to an aromatic ring is 1. The number of nitrogens with zero attached hydrogens (tertiary/aromatic N) is 1. The van der Waals surface area contributed by atoms with Crippen molar-refractivity contribution in [2.24, 2.45) is 0 Å². The lowest BCUT2D eigenvalue weighted by atomic mass is 10.1. The molecule has 94 valence electrons. The lowest BCUT2D eigenvalue weighted by Gasteiger charge is -2.06. The van der Waals surface area contributed by atoms with Crippen molar-refractivity contribution >= 4 is 33.8 Å². The summed E-state index contributed by atoms with van der Waals surface area (Å²) in [5.74, 6) is -0.610. The molecule has 0 atom stereocenters. The van der Waals surface area contributed by atoms with E-state index < -0.39 is 5.82 Å². The maximum absolute atomic E-state index is 14.1. The number of rotatable bonds is 2. The van der Waals surface area contributed by atoms with Crippen LogP contribution < -0.4 is 5.73 Å². The summed E-state index contributed by atoms with van der Waals surface area (Å²) < 4.78 is 14.6. The van der Waals surface area contributed by atoms with Crippen molar-refractivity contribution in [3.63, 3.8) is 0 Å². The third-order valence-electron chi connectivity index (χ3n) is 2.64. The minimum atomic E-state index is -0.610.